The van der Waals surface area contributed by atoms with Gasteiger partial charge in [0, 0.05) is 18.7 Å². The molecule has 0 aliphatic carbocycles. The summed E-state index contributed by atoms with van der Waals surface area (Å²) in [6, 6.07) is 7.95. The molecule has 7 heteroatoms. The Kier molecular flexibility index (Phi) is 7.82. The first kappa shape index (κ1) is 24.1. The van der Waals surface area contributed by atoms with E-state index < -0.39 is 11.6 Å². The number of benzene rings is 2. The number of methoxy groups -OCH3 is 1. The molecule has 0 saturated carbocycles. The van der Waals surface area contributed by atoms with Gasteiger partial charge in [0.25, 0.3) is 5.91 Å². The minimum absolute atomic E-state index is 0.00792. The van der Waals surface area contributed by atoms with Gasteiger partial charge in [-0.15, -0.1) is 11.3 Å². The van der Waals surface area contributed by atoms with Crippen LogP contribution in [0.5, 0.6) is 5.75 Å². The number of ether oxygens (including phenoxy) is 1. The third-order valence-corrected chi connectivity index (χ3v) is 6.41. The third-order valence-electron chi connectivity index (χ3n) is 5.36. The fourth-order valence-corrected chi connectivity index (χ4v) is 4.43. The van der Waals surface area contributed by atoms with Crippen LogP contribution in [0.1, 0.15) is 50.9 Å². The Balaban J connectivity index is 1.92. The first-order chi connectivity index (χ1) is 15.2. The highest BCUT2D eigenvalue weighted by Gasteiger charge is 2.20. The van der Waals surface area contributed by atoms with Gasteiger partial charge in [0.15, 0.2) is 11.6 Å². The van der Waals surface area contributed by atoms with Crippen LogP contribution in [0.2, 0.25) is 0 Å². The van der Waals surface area contributed by atoms with Gasteiger partial charge >= 0.3 is 0 Å². The standard InChI is InChI=1S/C25H30F2N2O2S/c1-15(2)10-12-29(13-11-16(3)4)25(30)17-6-9-20-21(14-17)32-24(28-20)18-7-8-19(26)22(27)23(18)31-5/h6-9,14-16H,10-13H2,1-5H3. The van der Waals surface area contributed by atoms with Crippen molar-refractivity contribution in [1.29, 1.82) is 0 Å². The summed E-state index contributed by atoms with van der Waals surface area (Å²) >= 11 is 1.32. The van der Waals surface area contributed by atoms with Crippen molar-refractivity contribution in [3.63, 3.8) is 0 Å². The van der Waals surface area contributed by atoms with E-state index in [-0.39, 0.29) is 11.7 Å². The van der Waals surface area contributed by atoms with Crippen molar-refractivity contribution in [3.05, 3.63) is 47.5 Å². The maximum Gasteiger partial charge on any atom is 0.253 e. The number of thiazole rings is 1. The second-order valence-corrected chi connectivity index (χ2v) is 9.83. The number of amides is 1. The Morgan fingerprint density at radius 2 is 1.72 bits per heavy atom. The number of nitrogens with zero attached hydrogens (tertiary/aromatic N) is 2. The zero-order valence-electron chi connectivity index (χ0n) is 19.2. The topological polar surface area (TPSA) is 42.4 Å². The van der Waals surface area contributed by atoms with Gasteiger partial charge in [-0.2, -0.15) is 4.39 Å². The smallest absolute Gasteiger partial charge is 0.253 e. The molecule has 0 bridgehead atoms. The molecule has 3 aromatic rings. The van der Waals surface area contributed by atoms with E-state index in [1.165, 1.54) is 24.5 Å². The predicted molar refractivity (Wildman–Crippen MR) is 126 cm³/mol. The Hall–Kier alpha value is -2.54. The fraction of sp³-hybridized carbons (Fsp3) is 0.440. The van der Waals surface area contributed by atoms with Crippen LogP contribution in [0.15, 0.2) is 30.3 Å². The molecular formula is C25H30F2N2O2S. The van der Waals surface area contributed by atoms with Gasteiger partial charge in [-0.25, -0.2) is 9.37 Å². The molecule has 4 nitrogen and oxygen atoms in total. The summed E-state index contributed by atoms with van der Waals surface area (Å²) in [6.07, 6.45) is 1.90. The molecule has 0 saturated heterocycles. The van der Waals surface area contributed by atoms with E-state index >= 15 is 0 Å². The molecule has 0 atom stereocenters. The molecule has 0 fully saturated rings. The second kappa shape index (κ2) is 10.4. The highest BCUT2D eigenvalue weighted by molar-refractivity contribution is 7.21. The van der Waals surface area contributed by atoms with Crippen LogP contribution in [0, 0.1) is 23.5 Å². The highest BCUT2D eigenvalue weighted by Crippen LogP contribution is 2.38. The number of rotatable bonds is 9. The van der Waals surface area contributed by atoms with E-state index in [2.05, 4.69) is 32.7 Å². The summed E-state index contributed by atoms with van der Waals surface area (Å²) in [5.74, 6) is -1.14. The van der Waals surface area contributed by atoms with E-state index in [0.717, 1.165) is 36.7 Å². The predicted octanol–water partition coefficient (Wildman–Crippen LogP) is 6.78. The van der Waals surface area contributed by atoms with E-state index in [1.54, 1.807) is 12.1 Å². The number of hydrogen-bond donors (Lipinski definition) is 0. The van der Waals surface area contributed by atoms with Gasteiger partial charge in [0.2, 0.25) is 5.82 Å². The van der Waals surface area contributed by atoms with Crippen molar-refractivity contribution >= 4 is 27.5 Å². The Labute approximate surface area is 192 Å². The van der Waals surface area contributed by atoms with Gasteiger partial charge in [-0.3, -0.25) is 4.79 Å². The largest absolute Gasteiger partial charge is 0.493 e. The lowest BCUT2D eigenvalue weighted by Gasteiger charge is -2.24. The Morgan fingerprint density at radius 3 is 2.31 bits per heavy atom. The van der Waals surface area contributed by atoms with E-state index in [0.29, 0.717) is 33.5 Å². The second-order valence-electron chi connectivity index (χ2n) is 8.80. The summed E-state index contributed by atoms with van der Waals surface area (Å²) in [4.78, 5) is 19.8. The van der Waals surface area contributed by atoms with E-state index in [9.17, 15) is 13.6 Å². The minimum Gasteiger partial charge on any atom is -0.493 e. The van der Waals surface area contributed by atoms with Crippen LogP contribution in [-0.2, 0) is 0 Å². The average molecular weight is 461 g/mol. The number of carbonyl (C=O) groups is 1. The lowest BCUT2D eigenvalue weighted by molar-refractivity contribution is 0.0741. The molecular weight excluding hydrogens is 430 g/mol. The Bertz CT molecular complexity index is 1080. The molecule has 1 amide bonds. The first-order valence-corrected chi connectivity index (χ1v) is 11.7. The molecule has 0 aliphatic rings. The van der Waals surface area contributed by atoms with Crippen LogP contribution in [-0.4, -0.2) is 36.0 Å². The Morgan fingerprint density at radius 1 is 1.06 bits per heavy atom. The van der Waals surface area contributed by atoms with Crippen LogP contribution >= 0.6 is 11.3 Å². The van der Waals surface area contributed by atoms with Crippen molar-refractivity contribution < 1.29 is 18.3 Å². The monoisotopic (exact) mass is 460 g/mol. The molecule has 0 radical (unpaired) electrons. The van der Waals surface area contributed by atoms with Crippen molar-refractivity contribution in [2.75, 3.05) is 20.2 Å². The molecule has 32 heavy (non-hydrogen) atoms. The molecule has 0 spiro atoms. The molecule has 0 N–H and O–H groups in total. The summed E-state index contributed by atoms with van der Waals surface area (Å²) in [7, 11) is 1.30. The summed E-state index contributed by atoms with van der Waals surface area (Å²) < 4.78 is 33.6. The van der Waals surface area contributed by atoms with Crippen molar-refractivity contribution in [2.45, 2.75) is 40.5 Å². The van der Waals surface area contributed by atoms with Gasteiger partial charge < -0.3 is 9.64 Å². The maximum atomic E-state index is 14.1. The number of halogens is 2. The molecule has 1 heterocycles. The maximum absolute atomic E-state index is 14.1. The summed E-state index contributed by atoms with van der Waals surface area (Å²) in [5.41, 5.74) is 1.69. The zero-order valence-corrected chi connectivity index (χ0v) is 20.1. The van der Waals surface area contributed by atoms with Crippen molar-refractivity contribution in [1.82, 2.24) is 9.88 Å². The SMILES string of the molecule is COc1c(-c2nc3ccc(C(=O)N(CCC(C)C)CCC(C)C)cc3s2)ccc(F)c1F. The molecule has 2 aromatic carbocycles. The fourth-order valence-electron chi connectivity index (χ4n) is 3.40. The third kappa shape index (κ3) is 5.44. The summed E-state index contributed by atoms with van der Waals surface area (Å²) in [6.45, 7) is 10.1. The van der Waals surface area contributed by atoms with E-state index in [1.807, 2.05) is 11.0 Å². The molecule has 0 unspecified atom stereocenters. The van der Waals surface area contributed by atoms with Gasteiger partial charge in [-0.1, -0.05) is 27.7 Å². The minimum atomic E-state index is -1.04. The van der Waals surface area contributed by atoms with Crippen LogP contribution < -0.4 is 4.74 Å². The first-order valence-electron chi connectivity index (χ1n) is 10.9. The van der Waals surface area contributed by atoms with Gasteiger partial charge in [0.1, 0.15) is 5.01 Å². The normalized spacial score (nSPS) is 11.5. The van der Waals surface area contributed by atoms with Crippen LogP contribution in [0.25, 0.3) is 20.8 Å². The number of aromatic nitrogens is 1. The van der Waals surface area contributed by atoms with E-state index in [4.69, 9.17) is 4.74 Å². The molecule has 0 aliphatic heterocycles. The molecule has 3 rings (SSSR count). The number of fused-ring (bicyclic) bond motifs is 1. The lowest BCUT2D eigenvalue weighted by Crippen LogP contribution is -2.34. The average Bonchev–Trinajstić information content (AvgIpc) is 3.17. The van der Waals surface area contributed by atoms with Crippen molar-refractivity contribution in [2.24, 2.45) is 11.8 Å². The number of carbonyl (C=O) groups excluding carboxylic acids is 1. The zero-order chi connectivity index (χ0) is 23.4. The summed E-state index contributed by atoms with van der Waals surface area (Å²) in [5, 5.41) is 0.511. The van der Waals surface area contributed by atoms with Crippen LogP contribution in [0.4, 0.5) is 8.78 Å². The van der Waals surface area contributed by atoms with Crippen molar-refractivity contribution in [3.8, 4) is 16.3 Å². The highest BCUT2D eigenvalue weighted by atomic mass is 32.1. The van der Waals surface area contributed by atoms with Gasteiger partial charge in [-0.05, 0) is 55.0 Å². The molecule has 172 valence electrons. The van der Waals surface area contributed by atoms with Crippen LogP contribution in [0.3, 0.4) is 0 Å². The number of hydrogen-bond acceptors (Lipinski definition) is 4. The lowest BCUT2D eigenvalue weighted by atomic mass is 10.1. The molecule has 1 aromatic heterocycles. The quantitative estimate of drug-likeness (QED) is 0.353. The van der Waals surface area contributed by atoms with Gasteiger partial charge in [0.05, 0.1) is 22.9 Å².